The molecular weight excluding hydrogens is 377 g/mol. The molecule has 0 N–H and O–H groups in total. The van der Waals surface area contributed by atoms with E-state index < -0.39 is 17.6 Å². The Labute approximate surface area is 121 Å². The van der Waals surface area contributed by atoms with Crippen LogP contribution in [0.3, 0.4) is 0 Å². The van der Waals surface area contributed by atoms with Crippen LogP contribution in [0.25, 0.3) is 0 Å². The van der Waals surface area contributed by atoms with Crippen LogP contribution in [0.5, 0.6) is 0 Å². The number of hydrogen-bond donors (Lipinski definition) is 0. The van der Waals surface area contributed by atoms with Crippen molar-refractivity contribution in [1.82, 2.24) is 0 Å². The summed E-state index contributed by atoms with van der Waals surface area (Å²) < 4.78 is 57.2. The van der Waals surface area contributed by atoms with Crippen LogP contribution in [0, 0.1) is 9.39 Å². The molecule has 1 heterocycles. The highest BCUT2D eigenvalue weighted by molar-refractivity contribution is 14.1. The molecule has 1 aromatic rings. The number of alkyl halides is 3. The van der Waals surface area contributed by atoms with Gasteiger partial charge in [-0.25, -0.2) is 4.39 Å². The molecule has 0 spiro atoms. The van der Waals surface area contributed by atoms with Crippen LogP contribution in [0.15, 0.2) is 12.1 Å². The first-order valence-corrected chi connectivity index (χ1v) is 6.79. The van der Waals surface area contributed by atoms with Gasteiger partial charge in [0.25, 0.3) is 0 Å². The van der Waals surface area contributed by atoms with Crippen molar-refractivity contribution in [3.8, 4) is 0 Å². The van der Waals surface area contributed by atoms with Crippen molar-refractivity contribution in [3.05, 3.63) is 27.1 Å². The van der Waals surface area contributed by atoms with E-state index in [4.69, 9.17) is 4.74 Å². The lowest BCUT2D eigenvalue weighted by atomic mass is 10.1. The van der Waals surface area contributed by atoms with E-state index in [1.807, 2.05) is 6.92 Å². The quantitative estimate of drug-likeness (QED) is 0.537. The maximum atomic E-state index is 13.6. The number of morpholine rings is 1. The second-order valence-corrected chi connectivity index (χ2v) is 5.58. The van der Waals surface area contributed by atoms with Gasteiger partial charge in [0.1, 0.15) is 5.82 Å². The summed E-state index contributed by atoms with van der Waals surface area (Å²) in [4.78, 5) is 1.78. The molecule has 19 heavy (non-hydrogen) atoms. The molecule has 1 atom stereocenters. The van der Waals surface area contributed by atoms with Gasteiger partial charge in [-0.15, -0.1) is 0 Å². The van der Waals surface area contributed by atoms with E-state index in [0.29, 0.717) is 25.4 Å². The molecule has 1 aliphatic heterocycles. The van der Waals surface area contributed by atoms with Crippen molar-refractivity contribution >= 4 is 28.3 Å². The number of rotatable bonds is 1. The number of anilines is 1. The third-order valence-electron chi connectivity index (χ3n) is 2.92. The minimum absolute atomic E-state index is 0.0263. The molecule has 2 nitrogen and oxygen atoms in total. The first-order valence-electron chi connectivity index (χ1n) is 5.72. The second kappa shape index (κ2) is 5.43. The van der Waals surface area contributed by atoms with Gasteiger partial charge in [-0.2, -0.15) is 13.2 Å². The summed E-state index contributed by atoms with van der Waals surface area (Å²) in [6, 6.07) is 2.30. The lowest BCUT2D eigenvalue weighted by Gasteiger charge is -2.33. The molecule has 0 unspecified atom stereocenters. The molecule has 1 saturated heterocycles. The molecule has 1 aliphatic rings. The zero-order valence-electron chi connectivity index (χ0n) is 10.1. The van der Waals surface area contributed by atoms with Crippen LogP contribution in [0.1, 0.15) is 12.5 Å². The molecule has 0 saturated carbocycles. The van der Waals surface area contributed by atoms with Crippen LogP contribution < -0.4 is 4.90 Å². The van der Waals surface area contributed by atoms with Gasteiger partial charge in [0.2, 0.25) is 0 Å². The van der Waals surface area contributed by atoms with Crippen molar-refractivity contribution in [2.45, 2.75) is 19.2 Å². The Hall–Kier alpha value is -0.570. The molecule has 7 heteroatoms. The highest BCUT2D eigenvalue weighted by Crippen LogP contribution is 2.36. The zero-order valence-corrected chi connectivity index (χ0v) is 12.3. The lowest BCUT2D eigenvalue weighted by Crippen LogP contribution is -2.41. The highest BCUT2D eigenvalue weighted by Gasteiger charge is 2.36. The van der Waals surface area contributed by atoms with Crippen LogP contribution in [0.4, 0.5) is 23.2 Å². The number of hydrogen-bond acceptors (Lipinski definition) is 2. The van der Waals surface area contributed by atoms with Gasteiger partial charge < -0.3 is 9.64 Å². The van der Waals surface area contributed by atoms with Gasteiger partial charge in [-0.05, 0) is 41.6 Å². The third kappa shape index (κ3) is 3.31. The van der Waals surface area contributed by atoms with Gasteiger partial charge in [0.15, 0.2) is 0 Å². The first kappa shape index (κ1) is 14.8. The van der Waals surface area contributed by atoms with Crippen molar-refractivity contribution < 1.29 is 22.3 Å². The average Bonchev–Trinajstić information content (AvgIpc) is 2.31. The van der Waals surface area contributed by atoms with Gasteiger partial charge in [0, 0.05) is 18.8 Å². The van der Waals surface area contributed by atoms with E-state index in [9.17, 15) is 17.6 Å². The van der Waals surface area contributed by atoms with E-state index in [1.165, 1.54) is 6.07 Å². The SMILES string of the molecule is C[C@@H]1CN(c2cc(I)c(F)c(C(F)(F)F)c2)CCO1. The molecule has 106 valence electrons. The van der Waals surface area contributed by atoms with Crippen LogP contribution >= 0.6 is 22.6 Å². The summed E-state index contributed by atoms with van der Waals surface area (Å²) in [6.45, 7) is 3.31. The van der Waals surface area contributed by atoms with E-state index in [2.05, 4.69) is 0 Å². The van der Waals surface area contributed by atoms with Crippen LogP contribution in [-0.2, 0) is 10.9 Å². The van der Waals surface area contributed by atoms with Crippen molar-refractivity contribution in [2.75, 3.05) is 24.6 Å². The highest BCUT2D eigenvalue weighted by atomic mass is 127. The lowest BCUT2D eigenvalue weighted by molar-refractivity contribution is -0.140. The Bertz CT molecular complexity index is 478. The number of benzene rings is 1. The van der Waals surface area contributed by atoms with E-state index in [0.717, 1.165) is 6.07 Å². The monoisotopic (exact) mass is 389 g/mol. The largest absolute Gasteiger partial charge is 0.419 e. The van der Waals surface area contributed by atoms with E-state index >= 15 is 0 Å². The molecule has 0 radical (unpaired) electrons. The Kier molecular flexibility index (Phi) is 4.24. The van der Waals surface area contributed by atoms with E-state index in [-0.39, 0.29) is 9.67 Å². The summed E-state index contributed by atoms with van der Waals surface area (Å²) in [5.74, 6) is -1.21. The Morgan fingerprint density at radius 2 is 2.05 bits per heavy atom. The fourth-order valence-electron chi connectivity index (χ4n) is 2.02. The molecular formula is C12H12F4INO. The number of ether oxygens (including phenoxy) is 1. The normalized spacial score (nSPS) is 20.7. The minimum Gasteiger partial charge on any atom is -0.375 e. The summed E-state index contributed by atoms with van der Waals surface area (Å²) in [5.41, 5.74) is -0.832. The number of nitrogens with zero attached hydrogens (tertiary/aromatic N) is 1. The molecule has 0 aromatic heterocycles. The Morgan fingerprint density at radius 1 is 1.37 bits per heavy atom. The molecule has 1 fully saturated rings. The second-order valence-electron chi connectivity index (χ2n) is 4.41. The molecule has 0 amide bonds. The maximum Gasteiger partial charge on any atom is 0.419 e. The Balaban J connectivity index is 2.39. The minimum atomic E-state index is -4.68. The average molecular weight is 389 g/mol. The smallest absolute Gasteiger partial charge is 0.375 e. The van der Waals surface area contributed by atoms with Crippen molar-refractivity contribution in [1.29, 1.82) is 0 Å². The summed E-state index contributed by atoms with van der Waals surface area (Å²) >= 11 is 1.58. The predicted octanol–water partition coefficient (Wildman–Crippen LogP) is 3.67. The fraction of sp³-hybridized carbons (Fsp3) is 0.500. The molecule has 0 aliphatic carbocycles. The van der Waals surface area contributed by atoms with Gasteiger partial charge in [0.05, 0.1) is 21.8 Å². The van der Waals surface area contributed by atoms with Gasteiger partial charge >= 0.3 is 6.18 Å². The van der Waals surface area contributed by atoms with Gasteiger partial charge in [-0.1, -0.05) is 0 Å². The topological polar surface area (TPSA) is 12.5 Å². The number of halogens is 5. The molecule has 2 rings (SSSR count). The predicted molar refractivity (Wildman–Crippen MR) is 71.7 cm³/mol. The van der Waals surface area contributed by atoms with Crippen LogP contribution in [0.2, 0.25) is 0 Å². The fourth-order valence-corrected chi connectivity index (χ4v) is 2.63. The van der Waals surface area contributed by atoms with Crippen molar-refractivity contribution in [2.24, 2.45) is 0 Å². The van der Waals surface area contributed by atoms with E-state index in [1.54, 1.807) is 27.5 Å². The summed E-state index contributed by atoms with van der Waals surface area (Å²) in [7, 11) is 0. The Morgan fingerprint density at radius 3 is 2.63 bits per heavy atom. The first-order chi connectivity index (χ1) is 8.79. The summed E-state index contributed by atoms with van der Waals surface area (Å²) in [6.07, 6.45) is -4.73. The van der Waals surface area contributed by atoms with Crippen LogP contribution in [-0.4, -0.2) is 25.8 Å². The molecule has 0 bridgehead atoms. The summed E-state index contributed by atoms with van der Waals surface area (Å²) in [5, 5.41) is 0. The maximum absolute atomic E-state index is 13.6. The van der Waals surface area contributed by atoms with Crippen molar-refractivity contribution in [3.63, 3.8) is 0 Å². The van der Waals surface area contributed by atoms with Gasteiger partial charge in [-0.3, -0.25) is 0 Å². The third-order valence-corrected chi connectivity index (χ3v) is 3.71. The zero-order chi connectivity index (χ0) is 14.2. The standard InChI is InChI=1S/C12H12F4INO/c1-7-6-18(2-3-19-7)8-4-9(12(14,15)16)11(13)10(17)5-8/h4-5,7H,2-3,6H2,1H3/t7-/m1/s1. The molecule has 1 aromatic carbocycles.